The quantitative estimate of drug-likeness (QED) is 0.234. The van der Waals surface area contributed by atoms with Crippen LogP contribution in [0.4, 0.5) is 0 Å². The Morgan fingerprint density at radius 2 is 1.77 bits per heavy atom. The van der Waals surface area contributed by atoms with E-state index in [0.29, 0.717) is 0 Å². The van der Waals surface area contributed by atoms with Crippen LogP contribution < -0.4 is 10.0 Å². The van der Waals surface area contributed by atoms with Crippen LogP contribution in [0.15, 0.2) is 84.0 Å². The van der Waals surface area contributed by atoms with E-state index in [-0.39, 0.29) is 28.3 Å². The number of halogens is 1. The molecular weight excluding hydrogens is 532 g/mol. The van der Waals surface area contributed by atoms with Gasteiger partial charge >= 0.3 is 0 Å². The molecule has 0 spiro atoms. The van der Waals surface area contributed by atoms with Crippen LogP contribution in [0.1, 0.15) is 56.3 Å². The lowest BCUT2D eigenvalue weighted by atomic mass is 9.82. The predicted molar refractivity (Wildman–Crippen MR) is 154 cm³/mol. The van der Waals surface area contributed by atoms with E-state index in [0.717, 1.165) is 47.8 Å². The first-order valence-electron chi connectivity index (χ1n) is 13.3. The second kappa shape index (κ2) is 11.5. The molecule has 9 heteroatoms. The van der Waals surface area contributed by atoms with Crippen LogP contribution in [0.25, 0.3) is 10.9 Å². The van der Waals surface area contributed by atoms with Crippen LogP contribution in [0, 0.1) is 5.92 Å². The zero-order chi connectivity index (χ0) is 27.5. The molecule has 2 aromatic heterocycles. The lowest BCUT2D eigenvalue weighted by molar-refractivity contribution is -0.127. The van der Waals surface area contributed by atoms with Gasteiger partial charge in [-0.2, -0.15) is 4.72 Å². The molecule has 4 aromatic rings. The standard InChI is InChI=1S/C30H33ClN4O3S/c1-30(19-22-20-33-25-15-7-5-13-23(22)25,35-39(37,38)27-17-8-6-14-24(27)31)29(36)34-28(21-11-3-2-4-12-21)26-16-9-10-18-32-26/h5-10,13-18,20-21,28,33,35H,2-4,11-12,19H2,1H3,(H,34,36)/t28?,30-/m0/s1. The number of amides is 1. The second-order valence-corrected chi connectivity index (χ2v) is 12.6. The van der Waals surface area contributed by atoms with E-state index in [1.165, 1.54) is 18.6 Å². The molecule has 1 aliphatic carbocycles. The van der Waals surface area contributed by atoms with Gasteiger partial charge in [-0.3, -0.25) is 9.78 Å². The van der Waals surface area contributed by atoms with Crippen LogP contribution in [0.2, 0.25) is 5.02 Å². The summed E-state index contributed by atoms with van der Waals surface area (Å²) in [5.74, 6) is -0.195. The fourth-order valence-electron chi connectivity index (χ4n) is 5.60. The average Bonchev–Trinajstić information content (AvgIpc) is 3.34. The number of H-pyrrole nitrogens is 1. The molecule has 0 bridgehead atoms. The summed E-state index contributed by atoms with van der Waals surface area (Å²) in [7, 11) is -4.14. The summed E-state index contributed by atoms with van der Waals surface area (Å²) in [6.07, 6.45) is 9.00. The maximum Gasteiger partial charge on any atom is 0.243 e. The minimum Gasteiger partial charge on any atom is -0.361 e. The molecule has 204 valence electrons. The summed E-state index contributed by atoms with van der Waals surface area (Å²) >= 11 is 6.27. The molecule has 0 aliphatic heterocycles. The highest BCUT2D eigenvalue weighted by Crippen LogP contribution is 2.35. The van der Waals surface area contributed by atoms with Crippen molar-refractivity contribution in [2.75, 3.05) is 0 Å². The second-order valence-electron chi connectivity index (χ2n) is 10.5. The van der Waals surface area contributed by atoms with Crippen LogP contribution in [-0.4, -0.2) is 29.8 Å². The molecule has 5 rings (SSSR count). The number of pyridine rings is 1. The van der Waals surface area contributed by atoms with Crippen molar-refractivity contribution in [3.63, 3.8) is 0 Å². The molecule has 2 heterocycles. The topological polar surface area (TPSA) is 104 Å². The molecule has 0 radical (unpaired) electrons. The van der Waals surface area contributed by atoms with Gasteiger partial charge in [0.1, 0.15) is 10.4 Å². The van der Waals surface area contributed by atoms with E-state index in [9.17, 15) is 13.2 Å². The number of benzene rings is 2. The van der Waals surface area contributed by atoms with Crippen molar-refractivity contribution < 1.29 is 13.2 Å². The van der Waals surface area contributed by atoms with Crippen LogP contribution in [0.3, 0.4) is 0 Å². The maximum atomic E-state index is 14.2. The van der Waals surface area contributed by atoms with E-state index in [2.05, 4.69) is 20.0 Å². The third-order valence-electron chi connectivity index (χ3n) is 7.62. The van der Waals surface area contributed by atoms with Crippen molar-refractivity contribution in [3.8, 4) is 0 Å². The van der Waals surface area contributed by atoms with Crippen molar-refractivity contribution in [2.24, 2.45) is 5.92 Å². The van der Waals surface area contributed by atoms with E-state index in [1.807, 2.05) is 48.7 Å². The van der Waals surface area contributed by atoms with Gasteiger partial charge in [-0.05, 0) is 61.6 Å². The fraction of sp³-hybridized carbons (Fsp3) is 0.333. The van der Waals surface area contributed by atoms with Gasteiger partial charge in [0.25, 0.3) is 0 Å². The number of carbonyl (C=O) groups is 1. The Morgan fingerprint density at radius 3 is 2.51 bits per heavy atom. The largest absolute Gasteiger partial charge is 0.361 e. The Balaban J connectivity index is 1.52. The van der Waals surface area contributed by atoms with E-state index in [4.69, 9.17) is 11.6 Å². The summed E-state index contributed by atoms with van der Waals surface area (Å²) < 4.78 is 30.0. The summed E-state index contributed by atoms with van der Waals surface area (Å²) in [6.45, 7) is 1.63. The molecule has 7 nitrogen and oxygen atoms in total. The number of nitrogens with one attached hydrogen (secondary N) is 3. The summed E-state index contributed by atoms with van der Waals surface area (Å²) in [5.41, 5.74) is 1.00. The third-order valence-corrected chi connectivity index (χ3v) is 9.72. The molecule has 0 saturated heterocycles. The molecular formula is C30H33ClN4O3S. The van der Waals surface area contributed by atoms with Crippen molar-refractivity contribution >= 4 is 38.4 Å². The normalized spacial score (nSPS) is 17.0. The maximum absolute atomic E-state index is 14.2. The highest BCUT2D eigenvalue weighted by atomic mass is 35.5. The Hall–Kier alpha value is -3.20. The van der Waals surface area contributed by atoms with Crippen molar-refractivity contribution in [3.05, 3.63) is 95.4 Å². The predicted octanol–water partition coefficient (Wildman–Crippen LogP) is 5.93. The number of aromatic nitrogens is 2. The van der Waals surface area contributed by atoms with Crippen molar-refractivity contribution in [2.45, 2.75) is 61.9 Å². The SMILES string of the molecule is C[C@@](Cc1c[nH]c2ccccc12)(NS(=O)(=O)c1ccccc1Cl)C(=O)NC(c1ccccn1)C1CCCCC1. The van der Waals surface area contributed by atoms with Gasteiger partial charge in [0.05, 0.1) is 16.8 Å². The summed E-state index contributed by atoms with van der Waals surface area (Å²) in [5, 5.41) is 4.24. The van der Waals surface area contributed by atoms with Gasteiger partial charge in [-0.1, -0.05) is 67.3 Å². The number of para-hydroxylation sites is 1. The molecule has 1 aliphatic rings. The average molecular weight is 565 g/mol. The molecule has 2 aromatic carbocycles. The number of aromatic amines is 1. The Labute approximate surface area is 234 Å². The third kappa shape index (κ3) is 6.03. The van der Waals surface area contributed by atoms with Gasteiger partial charge < -0.3 is 10.3 Å². The van der Waals surface area contributed by atoms with Crippen molar-refractivity contribution in [1.29, 1.82) is 0 Å². The van der Waals surface area contributed by atoms with E-state index in [1.54, 1.807) is 25.3 Å². The zero-order valence-electron chi connectivity index (χ0n) is 21.9. The fourth-order valence-corrected chi connectivity index (χ4v) is 7.49. The number of sulfonamides is 1. The Morgan fingerprint density at radius 1 is 1.05 bits per heavy atom. The number of carbonyl (C=O) groups excluding carboxylic acids is 1. The Kier molecular flexibility index (Phi) is 8.07. The van der Waals surface area contributed by atoms with E-state index < -0.39 is 21.5 Å². The summed E-state index contributed by atoms with van der Waals surface area (Å²) in [4.78, 5) is 22.0. The number of nitrogens with zero attached hydrogens (tertiary/aromatic N) is 1. The lowest BCUT2D eigenvalue weighted by Crippen LogP contribution is -2.59. The highest BCUT2D eigenvalue weighted by molar-refractivity contribution is 7.89. The van der Waals surface area contributed by atoms with Crippen LogP contribution in [-0.2, 0) is 21.2 Å². The number of rotatable bonds is 9. The summed E-state index contributed by atoms with van der Waals surface area (Å²) in [6, 6.07) is 19.3. The molecule has 2 atom stereocenters. The van der Waals surface area contributed by atoms with E-state index >= 15 is 0 Å². The molecule has 1 saturated carbocycles. The first-order valence-corrected chi connectivity index (χ1v) is 15.2. The Bertz CT molecular complexity index is 1550. The number of hydrogen-bond acceptors (Lipinski definition) is 4. The van der Waals surface area contributed by atoms with Gasteiger partial charge in [0, 0.05) is 29.7 Å². The minimum absolute atomic E-state index is 0.0711. The smallest absolute Gasteiger partial charge is 0.243 e. The number of hydrogen-bond donors (Lipinski definition) is 3. The highest BCUT2D eigenvalue weighted by Gasteiger charge is 2.41. The van der Waals surface area contributed by atoms with Crippen molar-refractivity contribution in [1.82, 2.24) is 20.0 Å². The molecule has 1 amide bonds. The first kappa shape index (κ1) is 27.4. The van der Waals surface area contributed by atoms with Crippen LogP contribution in [0.5, 0.6) is 0 Å². The van der Waals surface area contributed by atoms with Crippen LogP contribution >= 0.6 is 11.6 Å². The molecule has 1 unspecified atom stereocenters. The lowest BCUT2D eigenvalue weighted by Gasteiger charge is -2.35. The first-order chi connectivity index (χ1) is 18.8. The number of fused-ring (bicyclic) bond motifs is 1. The van der Waals surface area contributed by atoms with Gasteiger partial charge in [0.2, 0.25) is 15.9 Å². The van der Waals surface area contributed by atoms with Gasteiger partial charge in [-0.15, -0.1) is 0 Å². The minimum atomic E-state index is -4.14. The molecule has 39 heavy (non-hydrogen) atoms. The van der Waals surface area contributed by atoms with Gasteiger partial charge in [0.15, 0.2) is 0 Å². The monoisotopic (exact) mass is 564 g/mol. The zero-order valence-corrected chi connectivity index (χ0v) is 23.4. The van der Waals surface area contributed by atoms with Gasteiger partial charge in [-0.25, -0.2) is 8.42 Å². The molecule has 1 fully saturated rings. The molecule has 3 N–H and O–H groups in total.